The number of hydrogen-bond acceptors (Lipinski definition) is 4. The number of carboxylic acid groups (broad SMARTS) is 1. The average Bonchev–Trinajstić information content (AvgIpc) is 3.26. The first-order valence-corrected chi connectivity index (χ1v) is 7.92. The molecule has 0 amide bonds. The molecule has 6 heteroatoms. The van der Waals surface area contributed by atoms with Gasteiger partial charge in [0.25, 0.3) is 0 Å². The van der Waals surface area contributed by atoms with Crippen molar-refractivity contribution in [2.75, 3.05) is 0 Å². The summed E-state index contributed by atoms with van der Waals surface area (Å²) in [6.45, 7) is 0. The summed E-state index contributed by atoms with van der Waals surface area (Å²) in [6.07, 6.45) is 3.86. The van der Waals surface area contributed by atoms with Crippen molar-refractivity contribution in [2.45, 2.75) is 24.9 Å². The van der Waals surface area contributed by atoms with Crippen LogP contribution in [0.4, 0.5) is 0 Å². The number of carboxylic acids is 1. The highest BCUT2D eigenvalue weighted by Crippen LogP contribution is 2.47. The van der Waals surface area contributed by atoms with Crippen LogP contribution >= 0.6 is 15.9 Å². The SMILES string of the molecule is O=C(O)C1(C2CC2)CC(c2ccc3ncc(Br)cc3c2)=NO1. The Balaban J connectivity index is 1.69. The van der Waals surface area contributed by atoms with Gasteiger partial charge in [-0.3, -0.25) is 4.98 Å². The Labute approximate surface area is 135 Å². The average molecular weight is 361 g/mol. The van der Waals surface area contributed by atoms with Gasteiger partial charge >= 0.3 is 5.97 Å². The quantitative estimate of drug-likeness (QED) is 0.910. The summed E-state index contributed by atoms with van der Waals surface area (Å²) < 4.78 is 0.902. The highest BCUT2D eigenvalue weighted by atomic mass is 79.9. The van der Waals surface area contributed by atoms with Gasteiger partial charge in [0.15, 0.2) is 0 Å². The molecule has 1 unspecified atom stereocenters. The summed E-state index contributed by atoms with van der Waals surface area (Å²) in [5, 5.41) is 14.6. The predicted molar refractivity (Wildman–Crippen MR) is 84.8 cm³/mol. The van der Waals surface area contributed by atoms with Gasteiger partial charge in [-0.2, -0.15) is 0 Å². The number of benzene rings is 1. The lowest BCUT2D eigenvalue weighted by Gasteiger charge is -2.20. The number of fused-ring (bicyclic) bond motifs is 1. The van der Waals surface area contributed by atoms with Crippen molar-refractivity contribution in [1.29, 1.82) is 0 Å². The summed E-state index contributed by atoms with van der Waals surface area (Å²) in [6, 6.07) is 7.78. The third-order valence-electron chi connectivity index (χ3n) is 4.33. The van der Waals surface area contributed by atoms with Crippen LogP contribution in [0, 0.1) is 5.92 Å². The molecule has 2 heterocycles. The molecule has 1 atom stereocenters. The monoisotopic (exact) mass is 360 g/mol. The van der Waals surface area contributed by atoms with Crippen molar-refractivity contribution in [3.63, 3.8) is 0 Å². The minimum Gasteiger partial charge on any atom is -0.478 e. The van der Waals surface area contributed by atoms with Gasteiger partial charge in [-0.1, -0.05) is 11.2 Å². The molecule has 1 saturated carbocycles. The van der Waals surface area contributed by atoms with Crippen LogP contribution in [0.15, 0.2) is 40.1 Å². The zero-order chi connectivity index (χ0) is 15.3. The zero-order valence-electron chi connectivity index (χ0n) is 11.6. The Kier molecular flexibility index (Phi) is 2.97. The first kappa shape index (κ1) is 13.7. The third-order valence-corrected chi connectivity index (χ3v) is 4.76. The molecule has 2 aromatic rings. The van der Waals surface area contributed by atoms with E-state index in [0.717, 1.165) is 33.8 Å². The topological polar surface area (TPSA) is 71.8 Å². The Morgan fingerprint density at radius 2 is 2.18 bits per heavy atom. The summed E-state index contributed by atoms with van der Waals surface area (Å²) in [7, 11) is 0. The van der Waals surface area contributed by atoms with E-state index in [1.54, 1.807) is 6.20 Å². The van der Waals surface area contributed by atoms with E-state index in [2.05, 4.69) is 26.1 Å². The van der Waals surface area contributed by atoms with Crippen LogP contribution in [0.5, 0.6) is 0 Å². The lowest BCUT2D eigenvalue weighted by molar-refractivity contribution is -0.165. The summed E-state index contributed by atoms with van der Waals surface area (Å²) in [4.78, 5) is 21.3. The number of hydrogen-bond donors (Lipinski definition) is 1. The highest BCUT2D eigenvalue weighted by Gasteiger charge is 2.57. The van der Waals surface area contributed by atoms with E-state index in [-0.39, 0.29) is 5.92 Å². The zero-order valence-corrected chi connectivity index (χ0v) is 13.2. The Hall–Kier alpha value is -1.95. The fourth-order valence-corrected chi connectivity index (χ4v) is 3.30. The van der Waals surface area contributed by atoms with Crippen LogP contribution in [0.1, 0.15) is 24.8 Å². The molecule has 0 saturated heterocycles. The number of aromatic nitrogens is 1. The van der Waals surface area contributed by atoms with Crippen LogP contribution in [0.3, 0.4) is 0 Å². The lowest BCUT2D eigenvalue weighted by Crippen LogP contribution is -2.41. The molecule has 0 radical (unpaired) electrons. The number of halogens is 1. The first-order valence-electron chi connectivity index (χ1n) is 7.13. The molecule has 112 valence electrons. The van der Waals surface area contributed by atoms with Crippen molar-refractivity contribution < 1.29 is 14.7 Å². The Morgan fingerprint density at radius 1 is 1.36 bits per heavy atom. The van der Waals surface area contributed by atoms with Gasteiger partial charge in [0, 0.05) is 34.0 Å². The molecule has 2 aliphatic rings. The molecular weight excluding hydrogens is 348 g/mol. The molecule has 1 aliphatic carbocycles. The van der Waals surface area contributed by atoms with Gasteiger partial charge in [-0.25, -0.2) is 4.79 Å². The maximum atomic E-state index is 11.6. The summed E-state index contributed by atoms with van der Waals surface area (Å²) in [5.74, 6) is -0.846. The molecule has 0 bridgehead atoms. The molecule has 1 N–H and O–H groups in total. The number of carbonyl (C=O) groups is 1. The number of pyridine rings is 1. The predicted octanol–water partition coefficient (Wildman–Crippen LogP) is 3.36. The smallest absolute Gasteiger partial charge is 0.351 e. The van der Waals surface area contributed by atoms with E-state index >= 15 is 0 Å². The molecule has 1 aliphatic heterocycles. The number of aliphatic carboxylic acids is 1. The van der Waals surface area contributed by atoms with E-state index in [0.29, 0.717) is 12.1 Å². The second-order valence-electron chi connectivity index (χ2n) is 5.84. The Bertz CT molecular complexity index is 816. The summed E-state index contributed by atoms with van der Waals surface area (Å²) >= 11 is 3.41. The van der Waals surface area contributed by atoms with E-state index in [1.165, 1.54) is 0 Å². The van der Waals surface area contributed by atoms with E-state index in [4.69, 9.17) is 4.84 Å². The van der Waals surface area contributed by atoms with Crippen molar-refractivity contribution in [2.24, 2.45) is 11.1 Å². The van der Waals surface area contributed by atoms with Gasteiger partial charge in [-0.05, 0) is 47.0 Å². The normalized spacial score (nSPS) is 24.1. The van der Waals surface area contributed by atoms with Crippen molar-refractivity contribution in [1.82, 2.24) is 4.98 Å². The maximum absolute atomic E-state index is 11.6. The molecule has 4 rings (SSSR count). The largest absolute Gasteiger partial charge is 0.478 e. The fourth-order valence-electron chi connectivity index (χ4n) is 2.95. The van der Waals surface area contributed by atoms with Gasteiger partial charge in [0.1, 0.15) is 0 Å². The number of rotatable bonds is 3. The Morgan fingerprint density at radius 3 is 2.91 bits per heavy atom. The second kappa shape index (κ2) is 4.78. The van der Waals surface area contributed by atoms with Gasteiger partial charge in [-0.15, -0.1) is 0 Å². The highest BCUT2D eigenvalue weighted by molar-refractivity contribution is 9.10. The molecule has 1 aromatic carbocycles. The number of oxime groups is 1. The molecule has 0 spiro atoms. The molecule has 1 aromatic heterocycles. The van der Waals surface area contributed by atoms with Crippen LogP contribution < -0.4 is 0 Å². The van der Waals surface area contributed by atoms with Crippen molar-refractivity contribution in [3.05, 3.63) is 40.5 Å². The summed E-state index contributed by atoms with van der Waals surface area (Å²) in [5.41, 5.74) is 1.30. The van der Waals surface area contributed by atoms with Crippen LogP contribution in [0.2, 0.25) is 0 Å². The molecule has 1 fully saturated rings. The van der Waals surface area contributed by atoms with Crippen LogP contribution in [0.25, 0.3) is 10.9 Å². The van der Waals surface area contributed by atoms with Gasteiger partial charge in [0.05, 0.1) is 11.2 Å². The molecule has 5 nitrogen and oxygen atoms in total. The van der Waals surface area contributed by atoms with E-state index < -0.39 is 11.6 Å². The van der Waals surface area contributed by atoms with Gasteiger partial charge in [0.2, 0.25) is 5.60 Å². The van der Waals surface area contributed by atoms with Crippen molar-refractivity contribution in [3.8, 4) is 0 Å². The second-order valence-corrected chi connectivity index (χ2v) is 6.75. The fraction of sp³-hybridized carbons (Fsp3) is 0.312. The van der Waals surface area contributed by atoms with E-state index in [9.17, 15) is 9.90 Å². The minimum atomic E-state index is -1.17. The number of nitrogens with zero attached hydrogens (tertiary/aromatic N) is 2. The molecule has 22 heavy (non-hydrogen) atoms. The minimum absolute atomic E-state index is 0.0718. The standard InChI is InChI=1S/C16H13BrN2O3/c17-12-6-10-5-9(1-4-13(10)18-8-12)14-7-16(15(20)21,22-19-14)11-2-3-11/h1,4-6,8,11H,2-3,7H2,(H,20,21). The van der Waals surface area contributed by atoms with Gasteiger partial charge < -0.3 is 9.94 Å². The first-order chi connectivity index (χ1) is 10.6. The van der Waals surface area contributed by atoms with Crippen LogP contribution in [-0.4, -0.2) is 27.4 Å². The maximum Gasteiger partial charge on any atom is 0.351 e. The van der Waals surface area contributed by atoms with E-state index in [1.807, 2.05) is 24.3 Å². The lowest BCUT2D eigenvalue weighted by atomic mass is 9.89. The van der Waals surface area contributed by atoms with Crippen molar-refractivity contribution >= 4 is 38.5 Å². The van der Waals surface area contributed by atoms with Crippen LogP contribution in [-0.2, 0) is 9.63 Å². The third kappa shape index (κ3) is 2.09. The molecular formula is C16H13BrN2O3.